The van der Waals surface area contributed by atoms with Crippen LogP contribution in [-0.4, -0.2) is 5.11 Å². The molecule has 0 radical (unpaired) electrons. The number of phenols is 1. The Labute approximate surface area is 91.2 Å². The first-order chi connectivity index (χ1) is 7.65. The molecule has 0 unspecified atom stereocenters. The van der Waals surface area contributed by atoms with E-state index in [2.05, 4.69) is 5.32 Å². The SMILES string of the molecule is Oc1cc(Nc2cccc(F)c2)ccc1F. The van der Waals surface area contributed by atoms with Crippen molar-refractivity contribution in [1.82, 2.24) is 0 Å². The second-order valence-electron chi connectivity index (χ2n) is 3.30. The second-order valence-corrected chi connectivity index (χ2v) is 3.30. The van der Waals surface area contributed by atoms with Crippen molar-refractivity contribution >= 4 is 11.4 Å². The van der Waals surface area contributed by atoms with Crippen LogP contribution in [0.2, 0.25) is 0 Å². The molecule has 0 atom stereocenters. The Morgan fingerprint density at radius 1 is 0.938 bits per heavy atom. The molecule has 0 spiro atoms. The molecule has 2 N–H and O–H groups in total. The van der Waals surface area contributed by atoms with Gasteiger partial charge < -0.3 is 10.4 Å². The molecule has 0 fully saturated rings. The van der Waals surface area contributed by atoms with E-state index in [4.69, 9.17) is 5.11 Å². The zero-order chi connectivity index (χ0) is 11.5. The summed E-state index contributed by atoms with van der Waals surface area (Å²) in [5, 5.41) is 12.0. The molecular formula is C12H9F2NO. The highest BCUT2D eigenvalue weighted by molar-refractivity contribution is 5.61. The van der Waals surface area contributed by atoms with Crippen LogP contribution in [-0.2, 0) is 0 Å². The predicted octanol–water partition coefficient (Wildman–Crippen LogP) is 3.41. The molecule has 0 aliphatic rings. The molecule has 2 rings (SSSR count). The van der Waals surface area contributed by atoms with Gasteiger partial charge in [-0.1, -0.05) is 6.07 Å². The quantitative estimate of drug-likeness (QED) is 0.814. The number of hydrogen-bond donors (Lipinski definition) is 2. The third kappa shape index (κ3) is 2.28. The summed E-state index contributed by atoms with van der Waals surface area (Å²) in [6.45, 7) is 0. The molecule has 0 amide bonds. The summed E-state index contributed by atoms with van der Waals surface area (Å²) < 4.78 is 25.6. The van der Waals surface area contributed by atoms with Gasteiger partial charge in [0.25, 0.3) is 0 Å². The standard InChI is InChI=1S/C12H9F2NO/c13-8-2-1-3-9(6-8)15-10-4-5-11(14)12(16)7-10/h1-7,15-16H. The maximum Gasteiger partial charge on any atom is 0.164 e. The molecule has 4 heteroatoms. The van der Waals surface area contributed by atoms with Crippen molar-refractivity contribution in [3.63, 3.8) is 0 Å². The lowest BCUT2D eigenvalue weighted by Crippen LogP contribution is -1.91. The summed E-state index contributed by atoms with van der Waals surface area (Å²) in [5.41, 5.74) is 1.02. The molecule has 2 nitrogen and oxygen atoms in total. The van der Waals surface area contributed by atoms with E-state index in [-0.39, 0.29) is 5.82 Å². The van der Waals surface area contributed by atoms with Crippen molar-refractivity contribution in [2.24, 2.45) is 0 Å². The maximum atomic E-state index is 12.9. The number of benzene rings is 2. The van der Waals surface area contributed by atoms with Gasteiger partial charge in [0, 0.05) is 17.4 Å². The first-order valence-corrected chi connectivity index (χ1v) is 4.66. The van der Waals surface area contributed by atoms with Crippen LogP contribution in [0.3, 0.4) is 0 Å². The number of rotatable bonds is 2. The van der Waals surface area contributed by atoms with Gasteiger partial charge in [-0.2, -0.15) is 0 Å². The third-order valence-corrected chi connectivity index (χ3v) is 2.06. The van der Waals surface area contributed by atoms with Crippen molar-refractivity contribution in [3.8, 4) is 5.75 Å². The van der Waals surface area contributed by atoms with Gasteiger partial charge in [0.15, 0.2) is 11.6 Å². The average molecular weight is 221 g/mol. The summed E-state index contributed by atoms with van der Waals surface area (Å²) >= 11 is 0. The van der Waals surface area contributed by atoms with Gasteiger partial charge in [-0.05, 0) is 30.3 Å². The lowest BCUT2D eigenvalue weighted by Gasteiger charge is -2.06. The first kappa shape index (κ1) is 10.4. The zero-order valence-electron chi connectivity index (χ0n) is 8.24. The van der Waals surface area contributed by atoms with E-state index in [9.17, 15) is 8.78 Å². The number of nitrogens with one attached hydrogen (secondary N) is 1. The normalized spacial score (nSPS) is 10.1. The van der Waals surface area contributed by atoms with Crippen LogP contribution in [0.15, 0.2) is 42.5 Å². The average Bonchev–Trinajstić information content (AvgIpc) is 2.24. The number of halogens is 2. The van der Waals surface area contributed by atoms with Crippen LogP contribution in [0.4, 0.5) is 20.2 Å². The van der Waals surface area contributed by atoms with E-state index in [0.717, 1.165) is 6.07 Å². The highest BCUT2D eigenvalue weighted by atomic mass is 19.1. The van der Waals surface area contributed by atoms with E-state index >= 15 is 0 Å². The fraction of sp³-hybridized carbons (Fsp3) is 0. The highest BCUT2D eigenvalue weighted by Crippen LogP contribution is 2.23. The first-order valence-electron chi connectivity index (χ1n) is 4.66. The highest BCUT2D eigenvalue weighted by Gasteiger charge is 2.02. The second kappa shape index (κ2) is 4.18. The summed E-state index contributed by atoms with van der Waals surface area (Å²) in [6.07, 6.45) is 0. The molecule has 2 aromatic rings. The van der Waals surface area contributed by atoms with Gasteiger partial charge in [0.2, 0.25) is 0 Å². The number of anilines is 2. The van der Waals surface area contributed by atoms with E-state index in [1.807, 2.05) is 0 Å². The minimum atomic E-state index is -0.690. The van der Waals surface area contributed by atoms with Gasteiger partial charge in [-0.25, -0.2) is 8.78 Å². The summed E-state index contributed by atoms with van der Waals surface area (Å²) in [7, 11) is 0. The lowest BCUT2D eigenvalue weighted by molar-refractivity contribution is 0.433. The van der Waals surface area contributed by atoms with Crippen LogP contribution in [0.1, 0.15) is 0 Å². The molecular weight excluding hydrogens is 212 g/mol. The number of aromatic hydroxyl groups is 1. The number of hydrogen-bond acceptors (Lipinski definition) is 2. The van der Waals surface area contributed by atoms with Gasteiger partial charge >= 0.3 is 0 Å². The van der Waals surface area contributed by atoms with E-state index < -0.39 is 11.6 Å². The van der Waals surface area contributed by atoms with Crippen LogP contribution in [0.25, 0.3) is 0 Å². The summed E-state index contributed by atoms with van der Waals surface area (Å²) in [6, 6.07) is 9.69. The molecule has 0 bridgehead atoms. The Bertz CT molecular complexity index is 514. The Morgan fingerprint density at radius 3 is 2.38 bits per heavy atom. The van der Waals surface area contributed by atoms with Crippen molar-refractivity contribution in [3.05, 3.63) is 54.1 Å². The molecule has 16 heavy (non-hydrogen) atoms. The van der Waals surface area contributed by atoms with Crippen molar-refractivity contribution in [1.29, 1.82) is 0 Å². The zero-order valence-corrected chi connectivity index (χ0v) is 8.24. The fourth-order valence-electron chi connectivity index (χ4n) is 1.32. The summed E-state index contributed by atoms with van der Waals surface area (Å²) in [4.78, 5) is 0. The summed E-state index contributed by atoms with van der Waals surface area (Å²) in [5.74, 6) is -1.50. The number of phenolic OH excluding ortho intramolecular Hbond substituents is 1. The molecule has 0 aliphatic heterocycles. The monoisotopic (exact) mass is 221 g/mol. The Morgan fingerprint density at radius 2 is 1.69 bits per heavy atom. The third-order valence-electron chi connectivity index (χ3n) is 2.06. The van der Waals surface area contributed by atoms with Crippen LogP contribution in [0.5, 0.6) is 5.75 Å². The predicted molar refractivity (Wildman–Crippen MR) is 57.7 cm³/mol. The minimum Gasteiger partial charge on any atom is -0.505 e. The molecule has 0 heterocycles. The smallest absolute Gasteiger partial charge is 0.164 e. The molecule has 2 aromatic carbocycles. The van der Waals surface area contributed by atoms with Gasteiger partial charge in [0.05, 0.1) is 0 Å². The molecule has 0 aliphatic carbocycles. The lowest BCUT2D eigenvalue weighted by atomic mass is 10.2. The van der Waals surface area contributed by atoms with Gasteiger partial charge in [-0.15, -0.1) is 0 Å². The van der Waals surface area contributed by atoms with Crippen LogP contribution < -0.4 is 5.32 Å². The molecule has 82 valence electrons. The molecule has 0 saturated carbocycles. The molecule has 0 aromatic heterocycles. The van der Waals surface area contributed by atoms with E-state index in [0.29, 0.717) is 11.4 Å². The Kier molecular flexibility index (Phi) is 2.72. The largest absolute Gasteiger partial charge is 0.505 e. The Balaban J connectivity index is 2.24. The topological polar surface area (TPSA) is 32.3 Å². The Hall–Kier alpha value is -2.10. The fourth-order valence-corrected chi connectivity index (χ4v) is 1.32. The molecule has 0 saturated heterocycles. The van der Waals surface area contributed by atoms with Crippen LogP contribution in [0, 0.1) is 11.6 Å². The van der Waals surface area contributed by atoms with Gasteiger partial charge in [0.1, 0.15) is 5.82 Å². The van der Waals surface area contributed by atoms with E-state index in [1.165, 1.54) is 24.3 Å². The maximum absolute atomic E-state index is 12.9. The van der Waals surface area contributed by atoms with Crippen LogP contribution >= 0.6 is 0 Å². The van der Waals surface area contributed by atoms with Crippen molar-refractivity contribution in [2.75, 3.05) is 5.32 Å². The van der Waals surface area contributed by atoms with Crippen molar-refractivity contribution in [2.45, 2.75) is 0 Å². The van der Waals surface area contributed by atoms with Crippen molar-refractivity contribution < 1.29 is 13.9 Å². The minimum absolute atomic E-state index is 0.365. The van der Waals surface area contributed by atoms with E-state index in [1.54, 1.807) is 12.1 Å². The van der Waals surface area contributed by atoms with Gasteiger partial charge in [-0.3, -0.25) is 0 Å².